The number of hydrogen-bond acceptors (Lipinski definition) is 0. The molecule has 2 unspecified atom stereocenters. The second kappa shape index (κ2) is 3.27. The zero-order valence-electron chi connectivity index (χ0n) is 8.45. The Morgan fingerprint density at radius 3 is 2.21 bits per heavy atom. The van der Waals surface area contributed by atoms with Crippen molar-refractivity contribution in [2.75, 3.05) is 0 Å². The first-order valence-corrected chi connectivity index (χ1v) is 5.72. The Balaban J connectivity index is 1.81. The standard InChI is InChI=1S/C14H16/c1-2-6-11(7-3-1)10-14-12-8-4-5-9-13(12)14/h1-3,6-7,10,12-13H,4-5,8-9H2. The Labute approximate surface area is 85.6 Å². The molecule has 3 rings (SSSR count). The van der Waals surface area contributed by atoms with Crippen LogP contribution in [0.1, 0.15) is 31.2 Å². The lowest BCUT2D eigenvalue weighted by molar-refractivity contribution is 0.480. The van der Waals surface area contributed by atoms with Gasteiger partial charge in [0.2, 0.25) is 0 Å². The van der Waals surface area contributed by atoms with Crippen molar-refractivity contribution >= 4 is 6.08 Å². The lowest BCUT2D eigenvalue weighted by Crippen LogP contribution is -1.91. The Bertz CT molecular complexity index is 334. The van der Waals surface area contributed by atoms with E-state index in [9.17, 15) is 0 Å². The molecule has 0 spiro atoms. The molecule has 2 aliphatic carbocycles. The van der Waals surface area contributed by atoms with Crippen LogP contribution in [-0.2, 0) is 0 Å². The van der Waals surface area contributed by atoms with Gasteiger partial charge in [0.1, 0.15) is 0 Å². The van der Waals surface area contributed by atoms with Crippen LogP contribution in [0.15, 0.2) is 35.9 Å². The van der Waals surface area contributed by atoms with Gasteiger partial charge in [-0.25, -0.2) is 0 Å². The zero-order chi connectivity index (χ0) is 9.38. The van der Waals surface area contributed by atoms with Gasteiger partial charge >= 0.3 is 0 Å². The number of allylic oxidation sites excluding steroid dienone is 1. The summed E-state index contributed by atoms with van der Waals surface area (Å²) in [5, 5.41) is 0. The van der Waals surface area contributed by atoms with Crippen molar-refractivity contribution in [2.24, 2.45) is 11.8 Å². The van der Waals surface area contributed by atoms with Gasteiger partial charge < -0.3 is 0 Å². The van der Waals surface area contributed by atoms with Crippen LogP contribution < -0.4 is 0 Å². The van der Waals surface area contributed by atoms with Crippen molar-refractivity contribution in [3.63, 3.8) is 0 Å². The molecule has 0 heterocycles. The van der Waals surface area contributed by atoms with Crippen molar-refractivity contribution in [3.05, 3.63) is 41.5 Å². The summed E-state index contributed by atoms with van der Waals surface area (Å²) in [6.45, 7) is 0. The van der Waals surface area contributed by atoms with E-state index in [0.717, 1.165) is 11.8 Å². The first-order chi connectivity index (χ1) is 6.95. The fourth-order valence-corrected chi connectivity index (χ4v) is 2.82. The molecule has 2 aliphatic rings. The second-order valence-electron chi connectivity index (χ2n) is 4.55. The molecule has 14 heavy (non-hydrogen) atoms. The predicted octanol–water partition coefficient (Wildman–Crippen LogP) is 3.89. The molecule has 0 aliphatic heterocycles. The first-order valence-electron chi connectivity index (χ1n) is 5.72. The fourth-order valence-electron chi connectivity index (χ4n) is 2.82. The van der Waals surface area contributed by atoms with Crippen LogP contribution in [0, 0.1) is 11.8 Å². The first kappa shape index (κ1) is 8.28. The Morgan fingerprint density at radius 2 is 1.57 bits per heavy atom. The molecule has 0 radical (unpaired) electrons. The third-order valence-electron chi connectivity index (χ3n) is 3.65. The summed E-state index contributed by atoms with van der Waals surface area (Å²) < 4.78 is 0. The summed E-state index contributed by atoms with van der Waals surface area (Å²) in [5.74, 6) is 1.92. The lowest BCUT2D eigenvalue weighted by atomic mass is 10.0. The predicted molar refractivity (Wildman–Crippen MR) is 59.9 cm³/mol. The van der Waals surface area contributed by atoms with Crippen molar-refractivity contribution in [1.29, 1.82) is 0 Å². The van der Waals surface area contributed by atoms with E-state index in [1.807, 2.05) is 0 Å². The molecule has 0 aromatic heterocycles. The molecule has 0 nitrogen and oxygen atoms in total. The third kappa shape index (κ3) is 1.39. The van der Waals surface area contributed by atoms with Crippen LogP contribution in [0.5, 0.6) is 0 Å². The van der Waals surface area contributed by atoms with Gasteiger partial charge in [-0.1, -0.05) is 54.8 Å². The SMILES string of the molecule is C(=C1C2CCCCC12)c1ccccc1. The van der Waals surface area contributed by atoms with E-state index in [1.54, 1.807) is 5.57 Å². The highest BCUT2D eigenvalue weighted by Gasteiger charge is 2.44. The van der Waals surface area contributed by atoms with Gasteiger partial charge in [-0.05, 0) is 30.2 Å². The summed E-state index contributed by atoms with van der Waals surface area (Å²) >= 11 is 0. The van der Waals surface area contributed by atoms with Crippen molar-refractivity contribution < 1.29 is 0 Å². The van der Waals surface area contributed by atoms with Gasteiger partial charge in [0.25, 0.3) is 0 Å². The average Bonchev–Trinajstić information content (AvgIpc) is 2.94. The molecule has 0 amide bonds. The Hall–Kier alpha value is -1.04. The molecular weight excluding hydrogens is 168 g/mol. The van der Waals surface area contributed by atoms with Crippen LogP contribution in [0.3, 0.4) is 0 Å². The van der Waals surface area contributed by atoms with Crippen molar-refractivity contribution in [2.45, 2.75) is 25.7 Å². The van der Waals surface area contributed by atoms with Crippen molar-refractivity contribution in [1.82, 2.24) is 0 Å². The number of benzene rings is 1. The summed E-state index contributed by atoms with van der Waals surface area (Å²) in [6, 6.07) is 10.7. The number of fused-ring (bicyclic) bond motifs is 1. The largest absolute Gasteiger partial charge is 0.0622 e. The minimum Gasteiger partial charge on any atom is -0.0622 e. The van der Waals surface area contributed by atoms with Gasteiger partial charge in [-0.15, -0.1) is 0 Å². The molecule has 2 fully saturated rings. The molecule has 2 atom stereocenters. The minimum atomic E-state index is 0.962. The lowest BCUT2D eigenvalue weighted by Gasteiger charge is -2.04. The molecule has 0 heteroatoms. The quantitative estimate of drug-likeness (QED) is 0.621. The van der Waals surface area contributed by atoms with E-state index in [4.69, 9.17) is 0 Å². The van der Waals surface area contributed by atoms with Crippen LogP contribution in [-0.4, -0.2) is 0 Å². The zero-order valence-corrected chi connectivity index (χ0v) is 8.45. The molecular formula is C14H16. The normalized spacial score (nSPS) is 29.6. The smallest absolute Gasteiger partial charge is 0.0131 e. The summed E-state index contributed by atoms with van der Waals surface area (Å²) in [4.78, 5) is 0. The fraction of sp³-hybridized carbons (Fsp3) is 0.429. The number of hydrogen-bond donors (Lipinski definition) is 0. The van der Waals surface area contributed by atoms with Crippen LogP contribution in [0.25, 0.3) is 6.08 Å². The maximum absolute atomic E-state index is 2.42. The van der Waals surface area contributed by atoms with Crippen LogP contribution in [0.4, 0.5) is 0 Å². The van der Waals surface area contributed by atoms with Crippen molar-refractivity contribution in [3.8, 4) is 0 Å². The Morgan fingerprint density at radius 1 is 0.929 bits per heavy atom. The molecule has 1 aromatic rings. The van der Waals surface area contributed by atoms with E-state index in [2.05, 4.69) is 36.4 Å². The topological polar surface area (TPSA) is 0 Å². The second-order valence-corrected chi connectivity index (χ2v) is 4.55. The molecule has 0 N–H and O–H groups in total. The van der Waals surface area contributed by atoms with E-state index in [-0.39, 0.29) is 0 Å². The molecule has 0 bridgehead atoms. The van der Waals surface area contributed by atoms with E-state index in [1.165, 1.54) is 31.2 Å². The van der Waals surface area contributed by atoms with Gasteiger partial charge in [0, 0.05) is 0 Å². The molecule has 72 valence electrons. The van der Waals surface area contributed by atoms with Gasteiger partial charge in [0.05, 0.1) is 0 Å². The molecule has 0 saturated heterocycles. The minimum absolute atomic E-state index is 0.962. The third-order valence-corrected chi connectivity index (χ3v) is 3.65. The van der Waals surface area contributed by atoms with Gasteiger partial charge in [-0.3, -0.25) is 0 Å². The van der Waals surface area contributed by atoms with E-state index >= 15 is 0 Å². The van der Waals surface area contributed by atoms with Gasteiger partial charge in [0.15, 0.2) is 0 Å². The highest BCUT2D eigenvalue weighted by atomic mass is 14.5. The molecule has 1 aromatic carbocycles. The maximum atomic E-state index is 2.42. The van der Waals surface area contributed by atoms with Gasteiger partial charge in [-0.2, -0.15) is 0 Å². The highest BCUT2D eigenvalue weighted by molar-refractivity contribution is 5.59. The number of rotatable bonds is 1. The summed E-state index contributed by atoms with van der Waals surface area (Å²) in [5.41, 5.74) is 3.12. The Kier molecular flexibility index (Phi) is 1.93. The highest BCUT2D eigenvalue weighted by Crippen LogP contribution is 2.55. The molecule has 2 saturated carbocycles. The maximum Gasteiger partial charge on any atom is -0.0131 e. The average molecular weight is 184 g/mol. The monoisotopic (exact) mass is 184 g/mol. The van der Waals surface area contributed by atoms with E-state index in [0.29, 0.717) is 0 Å². The van der Waals surface area contributed by atoms with Crippen LogP contribution in [0.2, 0.25) is 0 Å². The summed E-state index contributed by atoms with van der Waals surface area (Å²) in [6.07, 6.45) is 8.22. The van der Waals surface area contributed by atoms with E-state index < -0.39 is 0 Å². The summed E-state index contributed by atoms with van der Waals surface area (Å²) in [7, 11) is 0. The van der Waals surface area contributed by atoms with Crippen LogP contribution >= 0.6 is 0 Å².